The largest absolute Gasteiger partial charge is 0.339 e. The van der Waals surface area contributed by atoms with Gasteiger partial charge in [0, 0.05) is 29.4 Å². The van der Waals surface area contributed by atoms with Crippen molar-refractivity contribution in [2.75, 3.05) is 7.05 Å². The molecule has 0 bridgehead atoms. The Morgan fingerprint density at radius 2 is 1.50 bits per heavy atom. The maximum Gasteiger partial charge on any atom is 0.121 e. The molecule has 0 saturated carbocycles. The number of benzene rings is 3. The third kappa shape index (κ3) is 4.84. The number of nitrogens with zero attached hydrogens (tertiary/aromatic N) is 4. The highest BCUT2D eigenvalue weighted by Crippen LogP contribution is 2.34. The molecule has 6 aromatic rings. The normalized spacial score (nSPS) is 11.3. The number of para-hydroxylation sites is 1. The molecular weight excluding hydrogens is 466 g/mol. The molecule has 0 spiro atoms. The number of fused-ring (bicyclic) bond motifs is 1. The van der Waals surface area contributed by atoms with Gasteiger partial charge in [-0.2, -0.15) is 0 Å². The zero-order valence-electron chi connectivity index (χ0n) is 21.6. The first-order valence-corrected chi connectivity index (χ1v) is 12.8. The van der Waals surface area contributed by atoms with Gasteiger partial charge in [-0.3, -0.25) is 14.9 Å². The maximum atomic E-state index is 5.13. The predicted octanol–water partition coefficient (Wildman–Crippen LogP) is 7.29. The van der Waals surface area contributed by atoms with Crippen molar-refractivity contribution in [2.24, 2.45) is 0 Å². The first-order valence-electron chi connectivity index (χ1n) is 12.8. The molecule has 1 N–H and O–H groups in total. The zero-order valence-corrected chi connectivity index (χ0v) is 21.6. The smallest absolute Gasteiger partial charge is 0.121 e. The van der Waals surface area contributed by atoms with Crippen molar-refractivity contribution in [3.63, 3.8) is 0 Å². The second-order valence-electron chi connectivity index (χ2n) is 9.64. The van der Waals surface area contributed by atoms with Crippen molar-refractivity contribution in [1.29, 1.82) is 0 Å². The van der Waals surface area contributed by atoms with Crippen LogP contribution in [-0.4, -0.2) is 31.9 Å². The number of aromatic nitrogens is 4. The number of aryl methyl sites for hydroxylation is 1. The van der Waals surface area contributed by atoms with Gasteiger partial charge in [-0.05, 0) is 54.9 Å². The fourth-order valence-corrected chi connectivity index (χ4v) is 5.02. The molecule has 3 heterocycles. The molecule has 0 amide bonds. The van der Waals surface area contributed by atoms with E-state index >= 15 is 0 Å². The summed E-state index contributed by atoms with van der Waals surface area (Å²) >= 11 is 0. The second-order valence-corrected chi connectivity index (χ2v) is 9.64. The van der Waals surface area contributed by atoms with Crippen molar-refractivity contribution in [3.8, 4) is 33.8 Å². The molecule has 38 heavy (non-hydrogen) atoms. The van der Waals surface area contributed by atoms with Gasteiger partial charge in [-0.1, -0.05) is 78.9 Å². The van der Waals surface area contributed by atoms with Crippen molar-refractivity contribution in [2.45, 2.75) is 20.0 Å². The molecule has 3 aromatic carbocycles. The lowest BCUT2D eigenvalue weighted by molar-refractivity contribution is 0.312. The Bertz CT molecular complexity index is 1700. The van der Waals surface area contributed by atoms with Crippen LogP contribution >= 0.6 is 0 Å². The van der Waals surface area contributed by atoms with Crippen LogP contribution in [0.5, 0.6) is 0 Å². The summed E-state index contributed by atoms with van der Waals surface area (Å²) in [6.07, 6.45) is 1.85. The Hall–Kier alpha value is -4.61. The molecule has 0 saturated heterocycles. The number of imidazole rings is 1. The summed E-state index contributed by atoms with van der Waals surface area (Å²) in [6.45, 7) is 3.49. The van der Waals surface area contributed by atoms with Gasteiger partial charge in [0.15, 0.2) is 0 Å². The number of rotatable bonds is 7. The van der Waals surface area contributed by atoms with Crippen LogP contribution in [-0.2, 0) is 13.1 Å². The highest BCUT2D eigenvalue weighted by Gasteiger charge is 2.19. The summed E-state index contributed by atoms with van der Waals surface area (Å²) < 4.78 is 0. The fraction of sp³-hybridized carbons (Fsp3) is 0.121. The molecule has 0 aliphatic heterocycles. The van der Waals surface area contributed by atoms with Crippen LogP contribution in [0.15, 0.2) is 109 Å². The van der Waals surface area contributed by atoms with Crippen LogP contribution in [0.1, 0.15) is 17.1 Å². The number of hydrogen-bond donors (Lipinski definition) is 1. The lowest BCUT2D eigenvalue weighted by Gasteiger charge is -2.18. The average molecular weight is 496 g/mol. The van der Waals surface area contributed by atoms with Crippen LogP contribution in [0.3, 0.4) is 0 Å². The van der Waals surface area contributed by atoms with Crippen LogP contribution in [0, 0.1) is 6.92 Å². The van der Waals surface area contributed by atoms with Gasteiger partial charge < -0.3 is 4.98 Å². The van der Waals surface area contributed by atoms with Gasteiger partial charge in [0.1, 0.15) is 5.82 Å². The van der Waals surface area contributed by atoms with Crippen LogP contribution < -0.4 is 0 Å². The monoisotopic (exact) mass is 495 g/mol. The molecule has 5 nitrogen and oxygen atoms in total. The Balaban J connectivity index is 1.36. The van der Waals surface area contributed by atoms with E-state index in [9.17, 15) is 0 Å². The maximum absolute atomic E-state index is 5.13. The van der Waals surface area contributed by atoms with Crippen molar-refractivity contribution < 1.29 is 0 Å². The van der Waals surface area contributed by atoms with Crippen LogP contribution in [0.4, 0.5) is 0 Å². The minimum Gasteiger partial charge on any atom is -0.339 e. The number of hydrogen-bond acceptors (Lipinski definition) is 4. The summed E-state index contributed by atoms with van der Waals surface area (Å²) in [5.74, 6) is 0.902. The molecule has 6 rings (SSSR count). The highest BCUT2D eigenvalue weighted by molar-refractivity contribution is 5.96. The van der Waals surface area contributed by atoms with E-state index in [0.29, 0.717) is 6.54 Å². The SMILES string of the molecule is Cc1cccc(-c2[nH]c(CN(C)Cc3ccccc3-c3ccccc3)nc2-c2ccnc3ccccc23)n1. The summed E-state index contributed by atoms with van der Waals surface area (Å²) in [6, 6.07) is 35.5. The van der Waals surface area contributed by atoms with E-state index in [1.807, 2.05) is 55.6 Å². The number of pyridine rings is 2. The average Bonchev–Trinajstić information content (AvgIpc) is 3.37. The van der Waals surface area contributed by atoms with E-state index < -0.39 is 0 Å². The van der Waals surface area contributed by atoms with Gasteiger partial charge in [0.25, 0.3) is 0 Å². The fourth-order valence-electron chi connectivity index (χ4n) is 5.02. The van der Waals surface area contributed by atoms with E-state index in [2.05, 4.69) is 82.6 Å². The Kier molecular flexibility index (Phi) is 6.51. The molecular formula is C33H29N5. The van der Waals surface area contributed by atoms with E-state index in [0.717, 1.165) is 51.6 Å². The standard InChI is InChI=1S/C33H29N5/c1-23-11-10-18-30(35-23)33-32(28-19-20-34-29-17-9-8-16-27(28)29)36-31(37-33)22-38(2)21-25-14-6-7-15-26(25)24-12-4-3-5-13-24/h3-20H,21-22H2,1-2H3,(H,36,37). The lowest BCUT2D eigenvalue weighted by Crippen LogP contribution is -2.18. The molecule has 5 heteroatoms. The molecule has 0 fully saturated rings. The summed E-state index contributed by atoms with van der Waals surface area (Å²) in [4.78, 5) is 20.4. The number of aromatic amines is 1. The first kappa shape index (κ1) is 23.8. The Morgan fingerprint density at radius 1 is 0.711 bits per heavy atom. The van der Waals surface area contributed by atoms with Gasteiger partial charge in [0.05, 0.1) is 29.1 Å². The minimum atomic E-state index is 0.672. The summed E-state index contributed by atoms with van der Waals surface area (Å²) in [5.41, 5.74) is 9.46. The van der Waals surface area contributed by atoms with E-state index in [1.54, 1.807) is 0 Å². The minimum absolute atomic E-state index is 0.672. The molecule has 0 unspecified atom stereocenters. The highest BCUT2D eigenvalue weighted by atomic mass is 15.1. The molecule has 3 aromatic heterocycles. The third-order valence-corrected chi connectivity index (χ3v) is 6.76. The molecule has 0 atom stereocenters. The first-order chi connectivity index (χ1) is 18.7. The topological polar surface area (TPSA) is 57.7 Å². The van der Waals surface area contributed by atoms with Gasteiger partial charge >= 0.3 is 0 Å². The predicted molar refractivity (Wildman–Crippen MR) is 154 cm³/mol. The molecule has 0 aliphatic carbocycles. The molecule has 0 aliphatic rings. The van der Waals surface area contributed by atoms with Crippen LogP contribution in [0.2, 0.25) is 0 Å². The van der Waals surface area contributed by atoms with E-state index in [-0.39, 0.29) is 0 Å². The second kappa shape index (κ2) is 10.4. The van der Waals surface area contributed by atoms with E-state index in [1.165, 1.54) is 16.7 Å². The number of nitrogens with one attached hydrogen (secondary N) is 1. The molecule has 0 radical (unpaired) electrons. The summed E-state index contributed by atoms with van der Waals surface area (Å²) in [7, 11) is 2.14. The quantitative estimate of drug-likeness (QED) is 0.253. The third-order valence-electron chi connectivity index (χ3n) is 6.76. The Morgan fingerprint density at radius 3 is 2.37 bits per heavy atom. The van der Waals surface area contributed by atoms with E-state index in [4.69, 9.17) is 9.97 Å². The van der Waals surface area contributed by atoms with Crippen molar-refractivity contribution in [1.82, 2.24) is 24.8 Å². The number of H-pyrrole nitrogens is 1. The van der Waals surface area contributed by atoms with Gasteiger partial charge in [-0.25, -0.2) is 4.98 Å². The zero-order chi connectivity index (χ0) is 25.9. The van der Waals surface area contributed by atoms with Gasteiger partial charge in [-0.15, -0.1) is 0 Å². The Labute approximate surface area is 222 Å². The summed E-state index contributed by atoms with van der Waals surface area (Å²) in [5, 5.41) is 1.08. The lowest BCUT2D eigenvalue weighted by atomic mass is 9.99. The molecule has 186 valence electrons. The van der Waals surface area contributed by atoms with Crippen LogP contribution in [0.25, 0.3) is 44.7 Å². The van der Waals surface area contributed by atoms with Crippen molar-refractivity contribution in [3.05, 3.63) is 126 Å². The van der Waals surface area contributed by atoms with Crippen molar-refractivity contribution >= 4 is 10.9 Å². The van der Waals surface area contributed by atoms with Gasteiger partial charge in [0.2, 0.25) is 0 Å².